The lowest BCUT2D eigenvalue weighted by Gasteiger charge is -2.60. The maximum Gasteiger partial charge on any atom is 0.311 e. The maximum absolute atomic E-state index is 12.6. The van der Waals surface area contributed by atoms with Crippen molar-refractivity contribution in [1.29, 1.82) is 0 Å². The molecule has 5 atom stereocenters. The Labute approximate surface area is 145 Å². The molecule has 0 heterocycles. The van der Waals surface area contributed by atoms with E-state index in [1.807, 2.05) is 0 Å². The van der Waals surface area contributed by atoms with Crippen molar-refractivity contribution in [3.63, 3.8) is 0 Å². The molecule has 4 aliphatic rings. The molecule has 3 fully saturated rings. The second-order valence-electron chi connectivity index (χ2n) is 9.36. The molecule has 2 bridgehead atoms. The number of hydrogen-bond donors (Lipinski definition) is 1. The fraction of sp³-hybridized carbons (Fsp3) is 0.762. The normalized spacial score (nSPS) is 49.9. The third-order valence-corrected chi connectivity index (χ3v) is 8.16. The summed E-state index contributed by atoms with van der Waals surface area (Å²) in [4.78, 5) is 12.6. The standard InChI is InChI=1S/C21H30O3/c1-14-12-20-10-6-15-18(2,16(20)7-11-21(14,23)13-20)8-5-9-19(15,3)17(22)24-4/h7,15,23H,1,5-6,8-13H2,2-4H3. The summed E-state index contributed by atoms with van der Waals surface area (Å²) in [5.41, 5.74) is 1.60. The first-order valence-corrected chi connectivity index (χ1v) is 9.40. The van der Waals surface area contributed by atoms with E-state index in [-0.39, 0.29) is 22.2 Å². The molecular weight excluding hydrogens is 300 g/mol. The second kappa shape index (κ2) is 4.75. The summed E-state index contributed by atoms with van der Waals surface area (Å²) in [5, 5.41) is 10.9. The molecule has 5 unspecified atom stereocenters. The number of hydrogen-bond acceptors (Lipinski definition) is 3. The van der Waals surface area contributed by atoms with Crippen LogP contribution in [0.15, 0.2) is 23.8 Å². The molecule has 1 N–H and O–H groups in total. The lowest BCUT2D eigenvalue weighted by atomic mass is 9.44. The van der Waals surface area contributed by atoms with Gasteiger partial charge in [0.15, 0.2) is 0 Å². The largest absolute Gasteiger partial charge is 0.469 e. The minimum atomic E-state index is -0.687. The highest BCUT2D eigenvalue weighted by Crippen LogP contribution is 2.71. The van der Waals surface area contributed by atoms with Crippen molar-refractivity contribution in [3.05, 3.63) is 23.8 Å². The number of allylic oxidation sites excluding steroid dienone is 1. The molecule has 0 aromatic rings. The molecule has 1 spiro atoms. The van der Waals surface area contributed by atoms with Gasteiger partial charge in [-0.25, -0.2) is 0 Å². The van der Waals surface area contributed by atoms with E-state index in [2.05, 4.69) is 26.5 Å². The molecule has 0 aliphatic heterocycles. The van der Waals surface area contributed by atoms with Crippen LogP contribution in [0.4, 0.5) is 0 Å². The van der Waals surface area contributed by atoms with Crippen molar-refractivity contribution in [2.75, 3.05) is 7.11 Å². The van der Waals surface area contributed by atoms with E-state index in [4.69, 9.17) is 4.74 Å². The first-order valence-electron chi connectivity index (χ1n) is 9.40. The van der Waals surface area contributed by atoms with Crippen molar-refractivity contribution >= 4 is 5.97 Å². The summed E-state index contributed by atoms with van der Waals surface area (Å²) >= 11 is 0. The van der Waals surface area contributed by atoms with E-state index in [9.17, 15) is 9.90 Å². The smallest absolute Gasteiger partial charge is 0.311 e. The molecule has 3 heteroatoms. The molecule has 0 radical (unpaired) electrons. The van der Waals surface area contributed by atoms with Crippen molar-refractivity contribution < 1.29 is 14.6 Å². The van der Waals surface area contributed by atoms with Gasteiger partial charge in [0, 0.05) is 0 Å². The van der Waals surface area contributed by atoms with E-state index in [0.29, 0.717) is 12.3 Å². The minimum Gasteiger partial charge on any atom is -0.469 e. The van der Waals surface area contributed by atoms with Crippen LogP contribution >= 0.6 is 0 Å². The predicted molar refractivity (Wildman–Crippen MR) is 93.3 cm³/mol. The zero-order valence-corrected chi connectivity index (χ0v) is 15.3. The van der Waals surface area contributed by atoms with Crippen LogP contribution in [0.5, 0.6) is 0 Å². The molecule has 0 amide bonds. The van der Waals surface area contributed by atoms with Crippen LogP contribution in [-0.2, 0) is 9.53 Å². The van der Waals surface area contributed by atoms with Crippen molar-refractivity contribution in [2.45, 2.75) is 70.8 Å². The number of rotatable bonds is 1. The molecule has 3 nitrogen and oxygen atoms in total. The highest BCUT2D eigenvalue weighted by Gasteiger charge is 2.64. The Morgan fingerprint density at radius 1 is 1.33 bits per heavy atom. The Balaban J connectivity index is 1.79. The summed E-state index contributed by atoms with van der Waals surface area (Å²) in [6.45, 7) is 8.68. The van der Waals surface area contributed by atoms with E-state index in [1.54, 1.807) is 0 Å². The highest BCUT2D eigenvalue weighted by atomic mass is 16.5. The van der Waals surface area contributed by atoms with Gasteiger partial charge in [0.05, 0.1) is 18.1 Å². The van der Waals surface area contributed by atoms with Crippen molar-refractivity contribution in [3.8, 4) is 0 Å². The maximum atomic E-state index is 12.6. The van der Waals surface area contributed by atoms with Crippen LogP contribution < -0.4 is 0 Å². The SMILES string of the molecule is C=C1CC23CCC4C(C)(C(=O)OC)CCCC4(C)C2=CCC1(O)C3. The molecule has 24 heavy (non-hydrogen) atoms. The van der Waals surface area contributed by atoms with Crippen LogP contribution in [0.3, 0.4) is 0 Å². The highest BCUT2D eigenvalue weighted by molar-refractivity contribution is 5.77. The van der Waals surface area contributed by atoms with Gasteiger partial charge in [-0.2, -0.15) is 0 Å². The van der Waals surface area contributed by atoms with Gasteiger partial charge in [-0.15, -0.1) is 0 Å². The number of esters is 1. The van der Waals surface area contributed by atoms with E-state index < -0.39 is 5.60 Å². The van der Waals surface area contributed by atoms with Gasteiger partial charge in [-0.3, -0.25) is 4.79 Å². The summed E-state index contributed by atoms with van der Waals surface area (Å²) < 4.78 is 5.20. The van der Waals surface area contributed by atoms with Gasteiger partial charge < -0.3 is 9.84 Å². The van der Waals surface area contributed by atoms with Gasteiger partial charge in [0.2, 0.25) is 0 Å². The van der Waals surface area contributed by atoms with Gasteiger partial charge in [0.1, 0.15) is 0 Å². The first-order chi connectivity index (χ1) is 11.2. The fourth-order valence-corrected chi connectivity index (χ4v) is 7.10. The Hall–Kier alpha value is -1.09. The summed E-state index contributed by atoms with van der Waals surface area (Å²) in [7, 11) is 1.52. The number of aliphatic hydroxyl groups is 1. The number of carbonyl (C=O) groups is 1. The minimum absolute atomic E-state index is 0.0434. The molecular formula is C21H30O3. The molecule has 4 aliphatic carbocycles. The molecule has 132 valence electrons. The van der Waals surface area contributed by atoms with Crippen molar-refractivity contribution in [2.24, 2.45) is 22.2 Å². The van der Waals surface area contributed by atoms with E-state index in [0.717, 1.165) is 50.5 Å². The zero-order valence-electron chi connectivity index (χ0n) is 15.3. The van der Waals surface area contributed by atoms with Gasteiger partial charge in [0.25, 0.3) is 0 Å². The number of carbonyl (C=O) groups excluding carboxylic acids is 1. The van der Waals surface area contributed by atoms with Crippen LogP contribution in [-0.4, -0.2) is 23.8 Å². The quantitative estimate of drug-likeness (QED) is 0.580. The lowest BCUT2D eigenvalue weighted by molar-refractivity contribution is -0.165. The summed E-state index contributed by atoms with van der Waals surface area (Å²) in [6.07, 6.45) is 10.0. The topological polar surface area (TPSA) is 46.5 Å². The Morgan fingerprint density at radius 3 is 2.79 bits per heavy atom. The second-order valence-corrected chi connectivity index (χ2v) is 9.36. The number of methoxy groups -OCH3 is 1. The molecule has 0 aromatic heterocycles. The number of fused-ring (bicyclic) bond motifs is 3. The lowest BCUT2D eigenvalue weighted by Crippen LogP contribution is -2.55. The summed E-state index contributed by atoms with van der Waals surface area (Å²) in [5.74, 6) is 0.293. The van der Waals surface area contributed by atoms with E-state index in [1.165, 1.54) is 12.7 Å². The molecule has 3 saturated carbocycles. The first kappa shape index (κ1) is 16.4. The molecule has 4 rings (SSSR count). The monoisotopic (exact) mass is 330 g/mol. The van der Waals surface area contributed by atoms with Crippen LogP contribution in [0.2, 0.25) is 0 Å². The van der Waals surface area contributed by atoms with Crippen LogP contribution in [0, 0.1) is 22.2 Å². The van der Waals surface area contributed by atoms with Crippen molar-refractivity contribution in [1.82, 2.24) is 0 Å². The van der Waals surface area contributed by atoms with Gasteiger partial charge in [-0.1, -0.05) is 31.6 Å². The third kappa shape index (κ3) is 1.80. The predicted octanol–water partition coefficient (Wildman–Crippen LogP) is 4.16. The van der Waals surface area contributed by atoms with Gasteiger partial charge >= 0.3 is 5.97 Å². The molecule has 0 aromatic carbocycles. The average molecular weight is 330 g/mol. The van der Waals surface area contributed by atoms with Gasteiger partial charge in [-0.05, 0) is 74.2 Å². The van der Waals surface area contributed by atoms with Crippen LogP contribution in [0.25, 0.3) is 0 Å². The van der Waals surface area contributed by atoms with Crippen LogP contribution in [0.1, 0.15) is 65.2 Å². The molecule has 0 saturated heterocycles. The fourth-order valence-electron chi connectivity index (χ4n) is 7.10. The average Bonchev–Trinajstić information content (AvgIpc) is 2.70. The third-order valence-electron chi connectivity index (χ3n) is 8.16. The summed E-state index contributed by atoms with van der Waals surface area (Å²) in [6, 6.07) is 0. The number of ether oxygens (including phenoxy) is 1. The van der Waals surface area contributed by atoms with E-state index >= 15 is 0 Å². The Bertz CT molecular complexity index is 649. The zero-order chi connectivity index (χ0) is 17.4. The Morgan fingerprint density at radius 2 is 2.08 bits per heavy atom. The Kier molecular flexibility index (Phi) is 3.24.